The number of para-hydroxylation sites is 1. The number of amides is 2. The minimum Gasteiger partial charge on any atom is -0.484 e. The molecule has 3 aromatic rings. The van der Waals surface area contributed by atoms with Crippen molar-refractivity contribution in [3.05, 3.63) is 92.5 Å². The Morgan fingerprint density at radius 2 is 1.70 bits per heavy atom. The van der Waals surface area contributed by atoms with Gasteiger partial charge in [0.15, 0.2) is 6.61 Å². The van der Waals surface area contributed by atoms with Gasteiger partial charge >= 0.3 is 0 Å². The van der Waals surface area contributed by atoms with Gasteiger partial charge in [-0.1, -0.05) is 23.7 Å². The molecule has 0 fully saturated rings. The number of ether oxygens (including phenoxy) is 1. The number of carbonyl (C=O) groups excluding carboxylic acids is 2. The molecule has 0 saturated carbocycles. The van der Waals surface area contributed by atoms with E-state index in [4.69, 9.17) is 16.3 Å². The molecule has 0 aliphatic carbocycles. The number of nitrogens with zero attached hydrogens (tertiary/aromatic N) is 1. The zero-order valence-corrected chi connectivity index (χ0v) is 18.6. The molecule has 0 radical (unpaired) electrons. The van der Waals surface area contributed by atoms with Crippen LogP contribution in [-0.2, 0) is 4.79 Å². The van der Waals surface area contributed by atoms with Gasteiger partial charge in [-0.3, -0.25) is 9.59 Å². The van der Waals surface area contributed by atoms with Crippen molar-refractivity contribution in [1.29, 1.82) is 0 Å². The van der Waals surface area contributed by atoms with Crippen molar-refractivity contribution in [2.24, 2.45) is 5.10 Å². The van der Waals surface area contributed by atoms with Gasteiger partial charge in [0, 0.05) is 14.2 Å². The van der Waals surface area contributed by atoms with Crippen molar-refractivity contribution in [3.63, 3.8) is 0 Å². The summed E-state index contributed by atoms with van der Waals surface area (Å²) in [6, 6.07) is 21.0. The fraction of sp³-hybridized carbons (Fsp3) is 0.0455. The number of carbonyl (C=O) groups is 2. The summed E-state index contributed by atoms with van der Waals surface area (Å²) >= 11 is 7.96. The predicted octanol–water partition coefficient (Wildman–Crippen LogP) is 4.73. The molecule has 2 amide bonds. The Hall–Kier alpha value is -2.91. The SMILES string of the molecule is O=C(COc1ccc(/C=N\NC(=O)c2ccc(Cl)cc2)cc1)Nc1ccccc1I. The topological polar surface area (TPSA) is 79.8 Å². The second-order valence-corrected chi connectivity index (χ2v) is 7.69. The molecule has 2 N–H and O–H groups in total. The minimum absolute atomic E-state index is 0.102. The van der Waals surface area contributed by atoms with Gasteiger partial charge in [0.2, 0.25) is 0 Å². The van der Waals surface area contributed by atoms with Crippen LogP contribution in [0.4, 0.5) is 5.69 Å². The molecule has 0 heterocycles. The van der Waals surface area contributed by atoms with Crippen LogP contribution >= 0.6 is 34.2 Å². The molecule has 0 spiro atoms. The largest absolute Gasteiger partial charge is 0.484 e. The van der Waals surface area contributed by atoms with Crippen LogP contribution < -0.4 is 15.5 Å². The Morgan fingerprint density at radius 1 is 1.00 bits per heavy atom. The maximum atomic E-state index is 12.0. The second kappa shape index (κ2) is 10.7. The van der Waals surface area contributed by atoms with Crippen molar-refractivity contribution >= 4 is 57.9 Å². The number of rotatable bonds is 7. The fourth-order valence-corrected chi connectivity index (χ4v) is 3.03. The van der Waals surface area contributed by atoms with E-state index in [0.29, 0.717) is 16.3 Å². The van der Waals surface area contributed by atoms with E-state index in [1.165, 1.54) is 6.21 Å². The van der Waals surface area contributed by atoms with Gasteiger partial charge in [-0.05, 0) is 88.8 Å². The highest BCUT2D eigenvalue weighted by molar-refractivity contribution is 14.1. The molecule has 3 rings (SSSR count). The maximum Gasteiger partial charge on any atom is 0.271 e. The first-order chi connectivity index (χ1) is 14.5. The highest BCUT2D eigenvalue weighted by Crippen LogP contribution is 2.17. The molecule has 8 heteroatoms. The molecule has 3 aromatic carbocycles. The highest BCUT2D eigenvalue weighted by Gasteiger charge is 2.06. The van der Waals surface area contributed by atoms with E-state index in [1.807, 2.05) is 24.3 Å². The molecular weight excluding hydrogens is 517 g/mol. The van der Waals surface area contributed by atoms with E-state index < -0.39 is 0 Å². The third-order valence-electron chi connectivity index (χ3n) is 3.88. The lowest BCUT2D eigenvalue weighted by molar-refractivity contribution is -0.118. The molecule has 152 valence electrons. The molecule has 0 bridgehead atoms. The summed E-state index contributed by atoms with van der Waals surface area (Å²) in [6.07, 6.45) is 1.52. The van der Waals surface area contributed by atoms with Crippen molar-refractivity contribution in [1.82, 2.24) is 5.43 Å². The highest BCUT2D eigenvalue weighted by atomic mass is 127. The van der Waals surface area contributed by atoms with Crippen LogP contribution in [-0.4, -0.2) is 24.6 Å². The van der Waals surface area contributed by atoms with Gasteiger partial charge in [-0.15, -0.1) is 0 Å². The van der Waals surface area contributed by atoms with Gasteiger partial charge in [0.1, 0.15) is 5.75 Å². The number of hydrogen-bond acceptors (Lipinski definition) is 4. The number of halogens is 2. The number of nitrogens with one attached hydrogen (secondary N) is 2. The van der Waals surface area contributed by atoms with Gasteiger partial charge in [-0.25, -0.2) is 5.43 Å². The Labute approximate surface area is 192 Å². The molecular formula is C22H17ClIN3O3. The van der Waals surface area contributed by atoms with Crippen LogP contribution in [0.25, 0.3) is 0 Å². The van der Waals surface area contributed by atoms with E-state index in [2.05, 4.69) is 38.4 Å². The Morgan fingerprint density at radius 3 is 2.40 bits per heavy atom. The first kappa shape index (κ1) is 21.8. The average molecular weight is 534 g/mol. The van der Waals surface area contributed by atoms with Crippen molar-refractivity contribution in [2.75, 3.05) is 11.9 Å². The number of anilines is 1. The summed E-state index contributed by atoms with van der Waals surface area (Å²) < 4.78 is 6.46. The van der Waals surface area contributed by atoms with E-state index in [9.17, 15) is 9.59 Å². The zero-order valence-electron chi connectivity index (χ0n) is 15.6. The van der Waals surface area contributed by atoms with Gasteiger partial charge in [0.05, 0.1) is 11.9 Å². The lowest BCUT2D eigenvalue weighted by Gasteiger charge is -2.09. The molecule has 30 heavy (non-hydrogen) atoms. The van der Waals surface area contributed by atoms with E-state index in [0.717, 1.165) is 14.8 Å². The van der Waals surface area contributed by atoms with Crippen molar-refractivity contribution in [3.8, 4) is 5.75 Å². The minimum atomic E-state index is -0.332. The zero-order chi connectivity index (χ0) is 21.3. The predicted molar refractivity (Wildman–Crippen MR) is 126 cm³/mol. The summed E-state index contributed by atoms with van der Waals surface area (Å²) in [4.78, 5) is 24.0. The first-order valence-corrected chi connectivity index (χ1v) is 10.3. The molecule has 0 aromatic heterocycles. The van der Waals surface area contributed by atoms with Crippen LogP contribution in [0.3, 0.4) is 0 Å². The van der Waals surface area contributed by atoms with Crippen molar-refractivity contribution in [2.45, 2.75) is 0 Å². The second-order valence-electron chi connectivity index (χ2n) is 6.09. The molecule has 6 nitrogen and oxygen atoms in total. The van der Waals surface area contributed by atoms with Crippen LogP contribution in [0.1, 0.15) is 15.9 Å². The maximum absolute atomic E-state index is 12.0. The van der Waals surface area contributed by atoms with Crippen molar-refractivity contribution < 1.29 is 14.3 Å². The summed E-state index contributed by atoms with van der Waals surface area (Å²) in [5, 5.41) is 7.30. The summed E-state index contributed by atoms with van der Waals surface area (Å²) in [5.41, 5.74) is 4.43. The third kappa shape index (κ3) is 6.57. The Bertz CT molecular complexity index is 1050. The molecule has 0 aliphatic heterocycles. The number of hydrogen-bond donors (Lipinski definition) is 2. The fourth-order valence-electron chi connectivity index (χ4n) is 2.38. The summed E-state index contributed by atoms with van der Waals surface area (Å²) in [7, 11) is 0. The average Bonchev–Trinajstić information content (AvgIpc) is 2.75. The lowest BCUT2D eigenvalue weighted by Crippen LogP contribution is -2.20. The third-order valence-corrected chi connectivity index (χ3v) is 5.08. The lowest BCUT2D eigenvalue weighted by atomic mass is 10.2. The smallest absolute Gasteiger partial charge is 0.271 e. The van der Waals surface area contributed by atoms with Crippen LogP contribution in [0.2, 0.25) is 5.02 Å². The number of benzene rings is 3. The van der Waals surface area contributed by atoms with E-state index >= 15 is 0 Å². The molecule has 0 unspecified atom stereocenters. The molecule has 0 aliphatic rings. The summed E-state index contributed by atoms with van der Waals surface area (Å²) in [6.45, 7) is -0.102. The monoisotopic (exact) mass is 533 g/mol. The Balaban J connectivity index is 1.47. The van der Waals surface area contributed by atoms with Crippen LogP contribution in [0.15, 0.2) is 77.9 Å². The van der Waals surface area contributed by atoms with Crippen LogP contribution in [0.5, 0.6) is 5.75 Å². The molecule has 0 saturated heterocycles. The number of hydrazone groups is 1. The quantitative estimate of drug-likeness (QED) is 0.262. The van der Waals surface area contributed by atoms with E-state index in [1.54, 1.807) is 48.5 Å². The summed E-state index contributed by atoms with van der Waals surface area (Å²) in [5.74, 6) is -0.0214. The van der Waals surface area contributed by atoms with Gasteiger partial charge in [-0.2, -0.15) is 5.10 Å². The standard InChI is InChI=1S/C22H17ClIN3O3/c23-17-9-7-16(8-10-17)22(29)27-25-13-15-5-11-18(12-6-15)30-14-21(28)26-20-4-2-1-3-19(20)24/h1-13H,14H2,(H,26,28)(H,27,29)/b25-13-. The first-order valence-electron chi connectivity index (χ1n) is 8.87. The van der Waals surface area contributed by atoms with Crippen LogP contribution in [0, 0.1) is 3.57 Å². The van der Waals surface area contributed by atoms with E-state index in [-0.39, 0.29) is 18.4 Å². The van der Waals surface area contributed by atoms with Gasteiger partial charge in [0.25, 0.3) is 11.8 Å². The Kier molecular flexibility index (Phi) is 7.81. The van der Waals surface area contributed by atoms with Gasteiger partial charge < -0.3 is 10.1 Å². The normalized spacial score (nSPS) is 10.6. The molecule has 0 atom stereocenters.